The van der Waals surface area contributed by atoms with E-state index in [1.54, 1.807) is 6.07 Å². The highest BCUT2D eigenvalue weighted by molar-refractivity contribution is 5.27. The van der Waals surface area contributed by atoms with Crippen LogP contribution in [0.3, 0.4) is 0 Å². The summed E-state index contributed by atoms with van der Waals surface area (Å²) < 4.78 is 13.5. The van der Waals surface area contributed by atoms with Gasteiger partial charge in [0.15, 0.2) is 0 Å². The molecule has 0 aliphatic heterocycles. The van der Waals surface area contributed by atoms with Crippen molar-refractivity contribution in [3.05, 3.63) is 35.1 Å². The summed E-state index contributed by atoms with van der Waals surface area (Å²) in [6.45, 7) is 7.36. The van der Waals surface area contributed by atoms with Crippen molar-refractivity contribution < 1.29 is 4.39 Å². The lowest BCUT2D eigenvalue weighted by molar-refractivity contribution is 0.362. The minimum atomic E-state index is -0.0840. The Bertz CT molecular complexity index is 427. The van der Waals surface area contributed by atoms with Crippen molar-refractivity contribution in [3.63, 3.8) is 0 Å². The Balaban J connectivity index is 2.16. The van der Waals surface area contributed by atoms with Crippen LogP contribution >= 0.6 is 0 Å². The normalized spacial score (nSPS) is 23.9. The van der Waals surface area contributed by atoms with E-state index in [0.29, 0.717) is 17.9 Å². The van der Waals surface area contributed by atoms with Crippen LogP contribution in [0.15, 0.2) is 18.2 Å². The molecule has 1 aliphatic carbocycles. The minimum Gasteiger partial charge on any atom is -0.314 e. The van der Waals surface area contributed by atoms with Gasteiger partial charge in [0.1, 0.15) is 5.82 Å². The Morgan fingerprint density at radius 3 is 2.65 bits per heavy atom. The van der Waals surface area contributed by atoms with Gasteiger partial charge in [-0.1, -0.05) is 45.2 Å². The first-order valence-corrected chi connectivity index (χ1v) is 8.07. The molecule has 0 spiro atoms. The molecule has 0 radical (unpaired) electrons. The largest absolute Gasteiger partial charge is 0.314 e. The number of rotatable bonds is 4. The van der Waals surface area contributed by atoms with E-state index in [4.69, 9.17) is 0 Å². The molecule has 0 heterocycles. The van der Waals surface area contributed by atoms with Crippen molar-refractivity contribution in [2.45, 2.75) is 64.8 Å². The van der Waals surface area contributed by atoms with Crippen molar-refractivity contribution in [2.24, 2.45) is 5.92 Å². The molecule has 2 heteroatoms. The van der Waals surface area contributed by atoms with E-state index in [1.165, 1.54) is 37.7 Å². The van der Waals surface area contributed by atoms with E-state index in [-0.39, 0.29) is 5.82 Å². The second-order valence-electron chi connectivity index (χ2n) is 6.58. The van der Waals surface area contributed by atoms with Crippen LogP contribution in [0, 0.1) is 18.7 Å². The Kier molecular flexibility index (Phi) is 5.59. The second-order valence-corrected chi connectivity index (χ2v) is 6.58. The van der Waals surface area contributed by atoms with Crippen molar-refractivity contribution in [2.75, 3.05) is 6.54 Å². The molecule has 1 aromatic carbocycles. The summed E-state index contributed by atoms with van der Waals surface area (Å²) in [5, 5.41) is 3.59. The van der Waals surface area contributed by atoms with E-state index in [9.17, 15) is 4.39 Å². The van der Waals surface area contributed by atoms with Crippen LogP contribution in [0.4, 0.5) is 4.39 Å². The highest BCUT2D eigenvalue weighted by atomic mass is 19.1. The van der Waals surface area contributed by atoms with Crippen LogP contribution in [0.1, 0.15) is 63.0 Å². The highest BCUT2D eigenvalue weighted by Gasteiger charge is 2.25. The second kappa shape index (κ2) is 7.21. The van der Waals surface area contributed by atoms with Gasteiger partial charge in [0.05, 0.1) is 0 Å². The van der Waals surface area contributed by atoms with Gasteiger partial charge in [0.25, 0.3) is 0 Å². The van der Waals surface area contributed by atoms with E-state index in [2.05, 4.69) is 25.2 Å². The fourth-order valence-corrected chi connectivity index (χ4v) is 3.35. The van der Waals surface area contributed by atoms with Gasteiger partial charge in [0, 0.05) is 6.04 Å². The molecular formula is C18H28FN. The van der Waals surface area contributed by atoms with Crippen LogP contribution in [0.5, 0.6) is 0 Å². The molecule has 1 saturated carbocycles. The van der Waals surface area contributed by atoms with Crippen LogP contribution in [-0.4, -0.2) is 12.6 Å². The maximum absolute atomic E-state index is 13.5. The van der Waals surface area contributed by atoms with Crippen molar-refractivity contribution in [1.82, 2.24) is 5.32 Å². The topological polar surface area (TPSA) is 12.0 Å². The standard InChI is InChI=1S/C18H28FN/c1-13(2)20-12-16-7-5-4-6-8-17(16)15-9-10-18(19)14(3)11-15/h9-11,13,16-17,20H,4-8,12H2,1-3H3. The number of halogens is 1. The van der Waals surface area contributed by atoms with Crippen LogP contribution in [-0.2, 0) is 0 Å². The first kappa shape index (κ1) is 15.5. The maximum atomic E-state index is 13.5. The molecule has 112 valence electrons. The summed E-state index contributed by atoms with van der Waals surface area (Å²) in [6, 6.07) is 6.24. The van der Waals surface area contributed by atoms with Gasteiger partial charge in [-0.3, -0.25) is 0 Å². The zero-order valence-electron chi connectivity index (χ0n) is 13.1. The third kappa shape index (κ3) is 4.05. The van der Waals surface area contributed by atoms with Gasteiger partial charge < -0.3 is 5.32 Å². The first-order chi connectivity index (χ1) is 9.58. The predicted octanol–water partition coefficient (Wildman–Crippen LogP) is 4.80. The van der Waals surface area contributed by atoms with E-state index >= 15 is 0 Å². The molecule has 1 fully saturated rings. The molecule has 0 bridgehead atoms. The summed E-state index contributed by atoms with van der Waals surface area (Å²) >= 11 is 0. The van der Waals surface area contributed by atoms with Gasteiger partial charge in [-0.15, -0.1) is 0 Å². The number of aryl methyl sites for hydroxylation is 1. The number of hydrogen-bond donors (Lipinski definition) is 1. The van der Waals surface area contributed by atoms with Gasteiger partial charge in [0.2, 0.25) is 0 Å². The Morgan fingerprint density at radius 2 is 1.95 bits per heavy atom. The van der Waals surface area contributed by atoms with Gasteiger partial charge in [-0.25, -0.2) is 4.39 Å². The average Bonchev–Trinajstić information content (AvgIpc) is 2.65. The molecule has 1 nitrogen and oxygen atoms in total. The molecule has 2 unspecified atom stereocenters. The van der Waals surface area contributed by atoms with Crippen molar-refractivity contribution >= 4 is 0 Å². The minimum absolute atomic E-state index is 0.0840. The molecule has 0 amide bonds. The molecular weight excluding hydrogens is 249 g/mol. The molecule has 0 aromatic heterocycles. The summed E-state index contributed by atoms with van der Waals surface area (Å²) in [4.78, 5) is 0. The van der Waals surface area contributed by atoms with Gasteiger partial charge >= 0.3 is 0 Å². The average molecular weight is 277 g/mol. The lowest BCUT2D eigenvalue weighted by Gasteiger charge is -2.27. The molecule has 2 atom stereocenters. The molecule has 20 heavy (non-hydrogen) atoms. The van der Waals surface area contributed by atoms with Crippen molar-refractivity contribution in [1.29, 1.82) is 0 Å². The van der Waals surface area contributed by atoms with E-state index < -0.39 is 0 Å². The third-order valence-corrected chi connectivity index (χ3v) is 4.56. The zero-order chi connectivity index (χ0) is 14.5. The Labute approximate surface area is 123 Å². The maximum Gasteiger partial charge on any atom is 0.126 e. The Morgan fingerprint density at radius 1 is 1.20 bits per heavy atom. The summed E-state index contributed by atoms with van der Waals surface area (Å²) in [5.74, 6) is 1.19. The fourth-order valence-electron chi connectivity index (χ4n) is 3.35. The van der Waals surface area contributed by atoms with Gasteiger partial charge in [-0.2, -0.15) is 0 Å². The molecule has 1 aromatic rings. The third-order valence-electron chi connectivity index (χ3n) is 4.56. The van der Waals surface area contributed by atoms with Crippen molar-refractivity contribution in [3.8, 4) is 0 Å². The predicted molar refractivity (Wildman–Crippen MR) is 83.6 cm³/mol. The number of hydrogen-bond acceptors (Lipinski definition) is 1. The molecule has 0 saturated heterocycles. The number of benzene rings is 1. The summed E-state index contributed by atoms with van der Waals surface area (Å²) in [5.41, 5.74) is 2.11. The zero-order valence-corrected chi connectivity index (χ0v) is 13.1. The molecule has 2 rings (SSSR count). The lowest BCUT2D eigenvalue weighted by Crippen LogP contribution is -2.31. The van der Waals surface area contributed by atoms with Crippen LogP contribution in [0.2, 0.25) is 0 Å². The van der Waals surface area contributed by atoms with Gasteiger partial charge in [-0.05, 0) is 55.3 Å². The SMILES string of the molecule is Cc1cc(C2CCCCCC2CNC(C)C)ccc1F. The summed E-state index contributed by atoms with van der Waals surface area (Å²) in [7, 11) is 0. The smallest absolute Gasteiger partial charge is 0.126 e. The monoisotopic (exact) mass is 277 g/mol. The van der Waals surface area contributed by atoms with E-state index in [1.807, 2.05) is 13.0 Å². The van der Waals surface area contributed by atoms with Crippen LogP contribution < -0.4 is 5.32 Å². The fraction of sp³-hybridized carbons (Fsp3) is 0.667. The molecule has 1 N–H and O–H groups in total. The first-order valence-electron chi connectivity index (χ1n) is 8.07. The van der Waals surface area contributed by atoms with Crippen LogP contribution in [0.25, 0.3) is 0 Å². The summed E-state index contributed by atoms with van der Waals surface area (Å²) in [6.07, 6.45) is 6.52. The quantitative estimate of drug-likeness (QED) is 0.780. The molecule has 1 aliphatic rings. The van der Waals surface area contributed by atoms with E-state index in [0.717, 1.165) is 12.1 Å². The Hall–Kier alpha value is -0.890. The number of nitrogens with one attached hydrogen (secondary N) is 1. The lowest BCUT2D eigenvalue weighted by atomic mass is 9.82. The highest BCUT2D eigenvalue weighted by Crippen LogP contribution is 2.36.